The highest BCUT2D eigenvalue weighted by atomic mass is 16.5. The van der Waals surface area contributed by atoms with E-state index in [1.807, 2.05) is 20.8 Å². The lowest BCUT2D eigenvalue weighted by atomic mass is 9.79. The van der Waals surface area contributed by atoms with Gasteiger partial charge in [-0.2, -0.15) is 4.58 Å². The number of fused-ring (bicyclic) bond motifs is 6. The monoisotopic (exact) mass is 740 g/mol. The second-order valence-electron chi connectivity index (χ2n) is 16.9. The number of rotatable bonds is 16. The molecule has 55 heavy (non-hydrogen) atoms. The van der Waals surface area contributed by atoms with E-state index in [0.717, 1.165) is 32.4 Å². The van der Waals surface area contributed by atoms with Crippen molar-refractivity contribution < 1.29 is 18.8 Å². The van der Waals surface area contributed by atoms with Gasteiger partial charge in [0.05, 0.1) is 30.8 Å². The molecule has 0 fully saturated rings. The van der Waals surface area contributed by atoms with Gasteiger partial charge in [-0.3, -0.25) is 4.79 Å². The number of nitrogens with one attached hydrogen (secondary N) is 1. The van der Waals surface area contributed by atoms with Gasteiger partial charge in [0.1, 0.15) is 6.54 Å². The van der Waals surface area contributed by atoms with Gasteiger partial charge in [-0.05, 0) is 99.7 Å². The summed E-state index contributed by atoms with van der Waals surface area (Å²) in [7, 11) is 0. The molecular formula is C49H62N3O3+. The Bertz CT molecular complexity index is 2130. The van der Waals surface area contributed by atoms with Gasteiger partial charge in [-0.1, -0.05) is 86.7 Å². The Morgan fingerprint density at radius 2 is 1.47 bits per heavy atom. The molecule has 2 heterocycles. The molecule has 0 bridgehead atoms. The lowest BCUT2D eigenvalue weighted by Crippen LogP contribution is -2.28. The van der Waals surface area contributed by atoms with Gasteiger partial charge < -0.3 is 19.7 Å². The van der Waals surface area contributed by atoms with Crippen LogP contribution in [0.15, 0.2) is 109 Å². The Morgan fingerprint density at radius 3 is 2.18 bits per heavy atom. The van der Waals surface area contributed by atoms with Crippen molar-refractivity contribution in [3.63, 3.8) is 0 Å². The molecule has 0 aromatic heterocycles. The van der Waals surface area contributed by atoms with E-state index in [2.05, 4.69) is 153 Å². The van der Waals surface area contributed by atoms with E-state index >= 15 is 0 Å². The predicted molar refractivity (Wildman–Crippen MR) is 231 cm³/mol. The Balaban J connectivity index is 1.13. The number of unbranched alkanes of at least 4 members (excludes halogenated alkanes) is 2. The smallest absolute Gasteiger partial charge is 0.220 e. The summed E-state index contributed by atoms with van der Waals surface area (Å²) in [5.74, 6) is 0.0888. The van der Waals surface area contributed by atoms with E-state index in [1.165, 1.54) is 55.5 Å². The Labute approximate surface area is 329 Å². The summed E-state index contributed by atoms with van der Waals surface area (Å²) < 4.78 is 13.8. The summed E-state index contributed by atoms with van der Waals surface area (Å²) >= 11 is 0. The van der Waals surface area contributed by atoms with Crippen LogP contribution < -0.4 is 10.2 Å². The number of hydrogen-bond acceptors (Lipinski definition) is 4. The summed E-state index contributed by atoms with van der Waals surface area (Å²) in [6.45, 7) is 21.7. The van der Waals surface area contributed by atoms with Gasteiger partial charge in [0.2, 0.25) is 11.6 Å². The van der Waals surface area contributed by atoms with E-state index < -0.39 is 0 Å². The van der Waals surface area contributed by atoms with Crippen molar-refractivity contribution >= 4 is 44.5 Å². The Kier molecular flexibility index (Phi) is 12.5. The molecule has 6 nitrogen and oxygen atoms in total. The lowest BCUT2D eigenvalue weighted by Gasteiger charge is -2.26. The average Bonchev–Trinajstić information content (AvgIpc) is 3.51. The van der Waals surface area contributed by atoms with Crippen LogP contribution in [0.4, 0.5) is 11.4 Å². The summed E-state index contributed by atoms with van der Waals surface area (Å²) in [6, 6.07) is 26.6. The van der Waals surface area contributed by atoms with E-state index in [1.54, 1.807) is 0 Å². The zero-order valence-electron chi connectivity index (χ0n) is 34.5. The molecule has 0 atom stereocenters. The number of nitrogens with zero attached hydrogens (tertiary/aromatic N) is 2. The third kappa shape index (κ3) is 8.82. The van der Waals surface area contributed by atoms with Crippen molar-refractivity contribution in [3.8, 4) is 0 Å². The third-order valence-electron chi connectivity index (χ3n) is 11.2. The van der Waals surface area contributed by atoms with Crippen LogP contribution in [0.1, 0.15) is 92.2 Å². The van der Waals surface area contributed by atoms with Gasteiger partial charge in [-0.25, -0.2) is 0 Å². The number of carbonyl (C=O) groups is 1. The molecule has 0 aliphatic carbocycles. The molecule has 0 radical (unpaired) electrons. The molecule has 2 aliphatic rings. The van der Waals surface area contributed by atoms with Gasteiger partial charge in [0.15, 0.2) is 5.71 Å². The predicted octanol–water partition coefficient (Wildman–Crippen LogP) is 10.7. The fourth-order valence-electron chi connectivity index (χ4n) is 8.60. The second kappa shape index (κ2) is 17.1. The Hall–Kier alpha value is -4.52. The summed E-state index contributed by atoms with van der Waals surface area (Å²) in [4.78, 5) is 15.0. The molecule has 4 aromatic carbocycles. The normalized spacial score (nSPS) is 17.0. The lowest BCUT2D eigenvalue weighted by molar-refractivity contribution is -0.438. The molecule has 0 spiro atoms. The fraction of sp³-hybridized carbons (Fsp3) is 0.429. The quantitative estimate of drug-likeness (QED) is 0.0706. The Morgan fingerprint density at radius 1 is 0.782 bits per heavy atom. The molecular weight excluding hydrogens is 679 g/mol. The van der Waals surface area contributed by atoms with Crippen LogP contribution in [-0.2, 0) is 25.1 Å². The number of likely N-dealkylation sites (N-methyl/N-ethyl adjacent to an activating group) is 1. The highest BCUT2D eigenvalue weighted by molar-refractivity contribution is 6.07. The van der Waals surface area contributed by atoms with Crippen LogP contribution in [0.3, 0.4) is 0 Å². The number of benzene rings is 4. The topological polar surface area (TPSA) is 53.8 Å². The highest BCUT2D eigenvalue weighted by Crippen LogP contribution is 2.50. The minimum absolute atomic E-state index is 0.0888. The first-order chi connectivity index (χ1) is 26.3. The number of amides is 1. The molecule has 0 unspecified atom stereocenters. The molecule has 2 aliphatic heterocycles. The molecule has 6 rings (SSSR count). The number of anilines is 1. The first kappa shape index (κ1) is 40.2. The van der Waals surface area contributed by atoms with Crippen LogP contribution in [0.5, 0.6) is 0 Å². The average molecular weight is 741 g/mol. The first-order valence-corrected chi connectivity index (χ1v) is 20.4. The van der Waals surface area contributed by atoms with E-state index in [4.69, 9.17) is 9.47 Å². The standard InChI is InChI=1S/C49H61N3O3/c1-9-51-40-29-27-36-20-15-17-22-38(36)45(40)48(5,6)42(51)24-12-10-13-25-43-49(7,8)46-39-23-18-16-21-37(39)28-30-41(46)52(43)32-19-11-14-26-44(53)50-31-33-54-34-35-55-47(2,3)4/h10,12-13,15-18,20-25,27-30H,9,11,14,19,26,31-35H2,1-8H3/p+1. The second-order valence-corrected chi connectivity index (χ2v) is 16.9. The number of allylic oxidation sites excluding steroid dienone is 6. The summed E-state index contributed by atoms with van der Waals surface area (Å²) in [5.41, 5.74) is 7.58. The van der Waals surface area contributed by atoms with Crippen LogP contribution in [0.25, 0.3) is 21.5 Å². The van der Waals surface area contributed by atoms with Crippen molar-refractivity contribution in [1.29, 1.82) is 0 Å². The van der Waals surface area contributed by atoms with E-state index in [9.17, 15) is 4.79 Å². The summed E-state index contributed by atoms with van der Waals surface area (Å²) in [5, 5.41) is 8.22. The molecule has 0 saturated heterocycles. The maximum atomic E-state index is 12.5. The third-order valence-corrected chi connectivity index (χ3v) is 11.2. The fourth-order valence-corrected chi connectivity index (χ4v) is 8.60. The number of ether oxygens (including phenoxy) is 2. The molecule has 0 saturated carbocycles. The zero-order valence-corrected chi connectivity index (χ0v) is 34.5. The van der Waals surface area contributed by atoms with Gasteiger partial charge >= 0.3 is 0 Å². The van der Waals surface area contributed by atoms with Crippen LogP contribution in [0.2, 0.25) is 0 Å². The van der Waals surface area contributed by atoms with Gasteiger partial charge in [-0.15, -0.1) is 0 Å². The van der Waals surface area contributed by atoms with Crippen molar-refractivity contribution in [2.24, 2.45) is 0 Å². The SMILES string of the molecule is CCN1C(=CC=CC=CC2=[N+](CCCCCC(=O)NCCOCCOC(C)(C)C)c3ccc4ccccc4c3C2(C)C)C(C)(C)c2c1ccc1ccccc21. The minimum atomic E-state index is -0.172. The molecule has 4 aromatic rings. The summed E-state index contributed by atoms with van der Waals surface area (Å²) in [6.07, 6.45) is 14.6. The van der Waals surface area contributed by atoms with Crippen LogP contribution in [0, 0.1) is 0 Å². The van der Waals surface area contributed by atoms with E-state index in [0.29, 0.717) is 32.8 Å². The number of hydrogen-bond donors (Lipinski definition) is 1. The minimum Gasteiger partial charge on any atom is -0.377 e. The molecule has 6 heteroatoms. The van der Waals surface area contributed by atoms with Crippen molar-refractivity contribution in [2.45, 2.75) is 97.5 Å². The molecule has 290 valence electrons. The van der Waals surface area contributed by atoms with Crippen LogP contribution >= 0.6 is 0 Å². The van der Waals surface area contributed by atoms with Gasteiger partial charge in [0, 0.05) is 60.4 Å². The molecule has 1 amide bonds. The maximum Gasteiger partial charge on any atom is 0.220 e. The molecule has 1 N–H and O–H groups in total. The first-order valence-electron chi connectivity index (χ1n) is 20.4. The van der Waals surface area contributed by atoms with Gasteiger partial charge in [0.25, 0.3) is 0 Å². The van der Waals surface area contributed by atoms with E-state index in [-0.39, 0.29) is 22.3 Å². The maximum absolute atomic E-state index is 12.5. The zero-order chi connectivity index (χ0) is 39.2. The highest BCUT2D eigenvalue weighted by Gasteiger charge is 2.45. The van der Waals surface area contributed by atoms with Crippen molar-refractivity contribution in [1.82, 2.24) is 5.32 Å². The van der Waals surface area contributed by atoms with Crippen LogP contribution in [-0.4, -0.2) is 61.3 Å². The number of carbonyl (C=O) groups excluding carboxylic acids is 1. The van der Waals surface area contributed by atoms with Crippen molar-refractivity contribution in [2.75, 3.05) is 44.4 Å². The van der Waals surface area contributed by atoms with Crippen molar-refractivity contribution in [3.05, 3.63) is 120 Å². The largest absolute Gasteiger partial charge is 0.377 e.